The zero-order chi connectivity index (χ0) is 21.3. The molecule has 0 atom stereocenters. The number of benzene rings is 2. The normalized spacial score (nSPS) is 10.6. The van der Waals surface area contributed by atoms with Crippen LogP contribution in [0, 0.1) is 0 Å². The lowest BCUT2D eigenvalue weighted by molar-refractivity contribution is 0.0950. The number of hydrogen-bond acceptors (Lipinski definition) is 7. The number of amides is 1. The summed E-state index contributed by atoms with van der Waals surface area (Å²) in [7, 11) is 3.13. The summed E-state index contributed by atoms with van der Waals surface area (Å²) in [6, 6.07) is 13.1. The van der Waals surface area contributed by atoms with E-state index >= 15 is 0 Å². The van der Waals surface area contributed by atoms with Crippen LogP contribution in [0.5, 0.6) is 11.5 Å². The molecule has 154 valence electrons. The number of carbonyl (C=O) groups excluding carboxylic acids is 1. The monoisotopic (exact) mass is 405 g/mol. The molecule has 2 aromatic carbocycles. The maximum Gasteiger partial charge on any atom is 0.291 e. The lowest BCUT2D eigenvalue weighted by Gasteiger charge is -2.06. The highest BCUT2D eigenvalue weighted by molar-refractivity contribution is 5.93. The van der Waals surface area contributed by atoms with Crippen LogP contribution >= 0.6 is 0 Å². The number of hydrazone groups is 1. The van der Waals surface area contributed by atoms with Crippen LogP contribution in [0.4, 0.5) is 5.69 Å². The molecule has 0 bridgehead atoms. The molecule has 30 heavy (non-hydrogen) atoms. The van der Waals surface area contributed by atoms with Crippen molar-refractivity contribution in [1.29, 1.82) is 0 Å². The predicted molar refractivity (Wildman–Crippen MR) is 116 cm³/mol. The lowest BCUT2D eigenvalue weighted by atomic mass is 10.1. The van der Waals surface area contributed by atoms with E-state index in [1.54, 1.807) is 38.6 Å². The van der Waals surface area contributed by atoms with Gasteiger partial charge in [0, 0.05) is 29.4 Å². The number of methoxy groups -OCH3 is 2. The minimum absolute atomic E-state index is 0.170. The van der Waals surface area contributed by atoms with E-state index in [0.29, 0.717) is 22.8 Å². The summed E-state index contributed by atoms with van der Waals surface area (Å²) >= 11 is 0. The zero-order valence-corrected chi connectivity index (χ0v) is 17.0. The first-order valence-electron chi connectivity index (χ1n) is 9.35. The molecule has 0 saturated carbocycles. The van der Waals surface area contributed by atoms with Crippen LogP contribution in [0.2, 0.25) is 0 Å². The summed E-state index contributed by atoms with van der Waals surface area (Å²) in [5.41, 5.74) is 5.84. The van der Waals surface area contributed by atoms with Crippen LogP contribution in [-0.2, 0) is 0 Å². The van der Waals surface area contributed by atoms with Gasteiger partial charge in [0.05, 0.1) is 38.5 Å². The van der Waals surface area contributed by atoms with Crippen LogP contribution in [0.3, 0.4) is 0 Å². The van der Waals surface area contributed by atoms with E-state index in [9.17, 15) is 4.79 Å². The minimum Gasteiger partial charge on any atom is -0.497 e. The molecule has 0 spiro atoms. The van der Waals surface area contributed by atoms with Gasteiger partial charge < -0.3 is 14.8 Å². The van der Waals surface area contributed by atoms with Crippen molar-refractivity contribution in [1.82, 2.24) is 15.4 Å². The van der Waals surface area contributed by atoms with E-state index < -0.39 is 5.91 Å². The van der Waals surface area contributed by atoms with E-state index in [1.807, 2.05) is 31.2 Å². The largest absolute Gasteiger partial charge is 0.497 e. The highest BCUT2D eigenvalue weighted by Gasteiger charge is 2.09. The van der Waals surface area contributed by atoms with Gasteiger partial charge in [-0.25, -0.2) is 10.4 Å². The summed E-state index contributed by atoms with van der Waals surface area (Å²) in [6.45, 7) is 2.88. The molecule has 0 fully saturated rings. The van der Waals surface area contributed by atoms with E-state index in [-0.39, 0.29) is 5.69 Å². The summed E-state index contributed by atoms with van der Waals surface area (Å²) in [4.78, 5) is 20.9. The number of hydrogen-bond donors (Lipinski definition) is 2. The zero-order valence-electron chi connectivity index (χ0n) is 17.0. The molecule has 8 nitrogen and oxygen atoms in total. The molecule has 0 unspecified atom stereocenters. The first-order chi connectivity index (χ1) is 14.6. The molecule has 0 saturated heterocycles. The highest BCUT2D eigenvalue weighted by Crippen LogP contribution is 2.21. The van der Waals surface area contributed by atoms with Gasteiger partial charge in [-0.15, -0.1) is 0 Å². The van der Waals surface area contributed by atoms with Crippen molar-refractivity contribution in [3.63, 3.8) is 0 Å². The highest BCUT2D eigenvalue weighted by atomic mass is 16.5. The molecule has 1 aromatic heterocycles. The average molecular weight is 405 g/mol. The fraction of sp³-hybridized carbons (Fsp3) is 0.182. The third-order valence-electron chi connectivity index (χ3n) is 4.18. The summed E-state index contributed by atoms with van der Waals surface area (Å²) < 4.78 is 10.4. The number of carbonyl (C=O) groups is 1. The number of anilines is 1. The Balaban J connectivity index is 1.70. The third kappa shape index (κ3) is 5.32. The van der Waals surface area contributed by atoms with Crippen LogP contribution in [0.1, 0.15) is 23.0 Å². The average Bonchev–Trinajstić information content (AvgIpc) is 2.79. The van der Waals surface area contributed by atoms with Crippen molar-refractivity contribution >= 4 is 17.8 Å². The first-order valence-corrected chi connectivity index (χ1v) is 9.35. The Morgan fingerprint density at radius 2 is 1.77 bits per heavy atom. The molecule has 0 aliphatic rings. The maximum absolute atomic E-state index is 12.4. The number of nitrogens with one attached hydrogen (secondary N) is 2. The Morgan fingerprint density at radius 1 is 1.07 bits per heavy atom. The SMILES string of the molecule is CCNc1ccc(-c2cncc(C(=O)NN=Cc3cc(OC)cc(OC)c3)n2)cc1. The smallest absolute Gasteiger partial charge is 0.291 e. The molecule has 2 N–H and O–H groups in total. The summed E-state index contributed by atoms with van der Waals surface area (Å²) in [6.07, 6.45) is 4.51. The first kappa shape index (κ1) is 20.8. The number of ether oxygens (including phenoxy) is 2. The van der Waals surface area contributed by atoms with Gasteiger partial charge in [0.15, 0.2) is 0 Å². The third-order valence-corrected chi connectivity index (χ3v) is 4.18. The van der Waals surface area contributed by atoms with Crippen LogP contribution in [0.15, 0.2) is 60.0 Å². The molecule has 3 rings (SSSR count). The topological polar surface area (TPSA) is 97.7 Å². The van der Waals surface area contributed by atoms with Gasteiger partial charge in [-0.2, -0.15) is 5.10 Å². The Morgan fingerprint density at radius 3 is 2.40 bits per heavy atom. The van der Waals surface area contributed by atoms with Gasteiger partial charge in [-0.05, 0) is 31.2 Å². The predicted octanol–water partition coefficient (Wildman–Crippen LogP) is 3.36. The molecular formula is C22H23N5O3. The van der Waals surface area contributed by atoms with Crippen molar-refractivity contribution in [2.45, 2.75) is 6.92 Å². The van der Waals surface area contributed by atoms with Gasteiger partial charge in [0.2, 0.25) is 0 Å². The van der Waals surface area contributed by atoms with Crippen molar-refractivity contribution in [3.8, 4) is 22.8 Å². The van der Waals surface area contributed by atoms with Crippen molar-refractivity contribution in [2.75, 3.05) is 26.1 Å². The van der Waals surface area contributed by atoms with Gasteiger partial charge in [-0.1, -0.05) is 12.1 Å². The van der Waals surface area contributed by atoms with Crippen LogP contribution in [-0.4, -0.2) is 42.9 Å². The fourth-order valence-corrected chi connectivity index (χ4v) is 2.70. The second-order valence-corrected chi connectivity index (χ2v) is 6.24. The van der Waals surface area contributed by atoms with Crippen LogP contribution in [0.25, 0.3) is 11.3 Å². The second kappa shape index (κ2) is 10.0. The molecule has 3 aromatic rings. The van der Waals surface area contributed by atoms with Gasteiger partial charge >= 0.3 is 0 Å². The number of nitrogens with zero attached hydrogens (tertiary/aromatic N) is 3. The molecule has 1 amide bonds. The van der Waals surface area contributed by atoms with Crippen LogP contribution < -0.4 is 20.2 Å². The second-order valence-electron chi connectivity index (χ2n) is 6.24. The van der Waals surface area contributed by atoms with Crippen molar-refractivity contribution < 1.29 is 14.3 Å². The summed E-state index contributed by atoms with van der Waals surface area (Å²) in [5, 5.41) is 7.23. The van der Waals surface area contributed by atoms with E-state index in [2.05, 4.69) is 25.8 Å². The maximum atomic E-state index is 12.4. The summed E-state index contributed by atoms with van der Waals surface area (Å²) in [5.74, 6) is 0.793. The number of rotatable bonds is 8. The molecule has 0 radical (unpaired) electrons. The molecule has 0 aliphatic heterocycles. The fourth-order valence-electron chi connectivity index (χ4n) is 2.70. The Labute approximate surface area is 175 Å². The minimum atomic E-state index is -0.459. The van der Waals surface area contributed by atoms with Crippen molar-refractivity contribution in [3.05, 3.63) is 66.1 Å². The Hall–Kier alpha value is -3.94. The standard InChI is InChI=1S/C22H23N5O3/c1-4-24-17-7-5-16(6-8-17)20-13-23-14-21(26-20)22(28)27-25-12-15-9-18(29-2)11-19(10-15)30-3/h5-14,24H,4H2,1-3H3,(H,27,28). The van der Waals surface area contributed by atoms with E-state index in [0.717, 1.165) is 17.8 Å². The van der Waals surface area contributed by atoms with Gasteiger partial charge in [-0.3, -0.25) is 9.78 Å². The Kier molecular flexibility index (Phi) is 6.94. The Bertz CT molecular complexity index is 1010. The molecule has 8 heteroatoms. The lowest BCUT2D eigenvalue weighted by Crippen LogP contribution is -2.19. The van der Waals surface area contributed by atoms with Gasteiger partial charge in [0.25, 0.3) is 5.91 Å². The quantitative estimate of drug-likeness (QED) is 0.441. The molecular weight excluding hydrogens is 382 g/mol. The van der Waals surface area contributed by atoms with Gasteiger partial charge in [0.1, 0.15) is 17.2 Å². The van der Waals surface area contributed by atoms with E-state index in [4.69, 9.17) is 9.47 Å². The van der Waals surface area contributed by atoms with Crippen molar-refractivity contribution in [2.24, 2.45) is 5.10 Å². The van der Waals surface area contributed by atoms with E-state index in [1.165, 1.54) is 12.4 Å². The molecule has 0 aliphatic carbocycles. The number of aromatic nitrogens is 2. The molecule has 1 heterocycles.